The van der Waals surface area contributed by atoms with Gasteiger partial charge in [0.1, 0.15) is 11.6 Å². The molecule has 0 saturated heterocycles. The molecule has 0 bridgehead atoms. The highest BCUT2D eigenvalue weighted by Gasteiger charge is 2.11. The Morgan fingerprint density at radius 3 is 2.36 bits per heavy atom. The number of carbonyl (C=O) groups excluding carboxylic acids is 2. The number of nitriles is 1. The molecule has 0 heterocycles. The molecule has 0 unspecified atom stereocenters. The number of hydrogen-bond donors (Lipinski definition) is 2. The predicted molar refractivity (Wildman–Crippen MR) is 98.0 cm³/mol. The number of aryl methyl sites for hydroxylation is 1. The SMILES string of the molecule is CNC(=O)c1ccc(/C=C(/C#N)C(=O)Nc2cccc(C)c2C)cc1. The Bertz CT molecular complexity index is 875. The van der Waals surface area contributed by atoms with Crippen molar-refractivity contribution < 1.29 is 9.59 Å². The highest BCUT2D eigenvalue weighted by molar-refractivity contribution is 6.10. The van der Waals surface area contributed by atoms with E-state index in [0.29, 0.717) is 16.8 Å². The second-order valence-electron chi connectivity index (χ2n) is 5.57. The van der Waals surface area contributed by atoms with E-state index in [1.165, 1.54) is 6.08 Å². The third-order valence-corrected chi connectivity index (χ3v) is 3.93. The normalized spacial score (nSPS) is 10.7. The van der Waals surface area contributed by atoms with Crippen molar-refractivity contribution >= 4 is 23.6 Å². The third kappa shape index (κ3) is 4.33. The Morgan fingerprint density at radius 1 is 1.08 bits per heavy atom. The average molecular weight is 333 g/mol. The minimum atomic E-state index is -0.466. The fourth-order valence-electron chi connectivity index (χ4n) is 2.27. The number of nitrogens with zero attached hydrogens (tertiary/aromatic N) is 1. The summed E-state index contributed by atoms with van der Waals surface area (Å²) in [5.74, 6) is -0.657. The van der Waals surface area contributed by atoms with Crippen molar-refractivity contribution in [3.05, 3.63) is 70.3 Å². The summed E-state index contributed by atoms with van der Waals surface area (Å²) in [5, 5.41) is 14.6. The molecule has 0 atom stereocenters. The second-order valence-corrected chi connectivity index (χ2v) is 5.57. The first-order chi connectivity index (χ1) is 12.0. The van der Waals surface area contributed by atoms with Crippen molar-refractivity contribution in [1.82, 2.24) is 5.32 Å². The standard InChI is InChI=1S/C20H19N3O2/c1-13-5-4-6-18(14(13)2)23-20(25)17(12-21)11-15-7-9-16(10-8-15)19(24)22-3/h4-11H,1-3H3,(H,22,24)(H,23,25)/b17-11-. The summed E-state index contributed by atoms with van der Waals surface area (Å²) >= 11 is 0. The van der Waals surface area contributed by atoms with Gasteiger partial charge < -0.3 is 10.6 Å². The fraction of sp³-hybridized carbons (Fsp3) is 0.150. The van der Waals surface area contributed by atoms with Gasteiger partial charge in [-0.2, -0.15) is 5.26 Å². The second kappa shape index (κ2) is 7.93. The van der Waals surface area contributed by atoms with Crippen molar-refractivity contribution in [1.29, 1.82) is 5.26 Å². The predicted octanol–water partition coefficient (Wildman–Crippen LogP) is 3.21. The van der Waals surface area contributed by atoms with E-state index < -0.39 is 5.91 Å². The van der Waals surface area contributed by atoms with E-state index in [9.17, 15) is 14.9 Å². The molecule has 0 spiro atoms. The van der Waals surface area contributed by atoms with Gasteiger partial charge in [0.2, 0.25) is 0 Å². The highest BCUT2D eigenvalue weighted by atomic mass is 16.2. The summed E-state index contributed by atoms with van der Waals surface area (Å²) in [6, 6.07) is 14.2. The van der Waals surface area contributed by atoms with Gasteiger partial charge in [-0.15, -0.1) is 0 Å². The molecule has 2 aromatic rings. The summed E-state index contributed by atoms with van der Waals surface area (Å²) in [5.41, 5.74) is 3.88. The maximum atomic E-state index is 12.4. The zero-order chi connectivity index (χ0) is 18.4. The Hall–Kier alpha value is -3.39. The molecule has 5 nitrogen and oxygen atoms in total. The zero-order valence-corrected chi connectivity index (χ0v) is 14.4. The minimum Gasteiger partial charge on any atom is -0.355 e. The van der Waals surface area contributed by atoms with E-state index in [1.54, 1.807) is 37.4 Å². The van der Waals surface area contributed by atoms with Gasteiger partial charge in [0, 0.05) is 18.3 Å². The number of hydrogen-bond acceptors (Lipinski definition) is 3. The molecule has 2 rings (SSSR count). The lowest BCUT2D eigenvalue weighted by Crippen LogP contribution is -2.17. The molecule has 2 aromatic carbocycles. The van der Waals surface area contributed by atoms with Crippen LogP contribution >= 0.6 is 0 Å². The Labute approximate surface area is 147 Å². The first-order valence-electron chi connectivity index (χ1n) is 7.77. The van der Waals surface area contributed by atoms with E-state index in [4.69, 9.17) is 0 Å². The van der Waals surface area contributed by atoms with Crippen molar-refractivity contribution in [2.45, 2.75) is 13.8 Å². The topological polar surface area (TPSA) is 82.0 Å². The molecule has 0 radical (unpaired) electrons. The molecule has 25 heavy (non-hydrogen) atoms. The molecule has 0 aromatic heterocycles. The van der Waals surface area contributed by atoms with Crippen LogP contribution in [0, 0.1) is 25.2 Å². The van der Waals surface area contributed by atoms with Crippen molar-refractivity contribution in [3.63, 3.8) is 0 Å². The van der Waals surface area contributed by atoms with Crippen LogP contribution in [0.1, 0.15) is 27.0 Å². The van der Waals surface area contributed by atoms with Crippen LogP contribution in [-0.2, 0) is 4.79 Å². The minimum absolute atomic E-state index is 0.00593. The molecule has 0 fully saturated rings. The van der Waals surface area contributed by atoms with Crippen LogP contribution in [-0.4, -0.2) is 18.9 Å². The number of carbonyl (C=O) groups is 2. The van der Waals surface area contributed by atoms with Crippen LogP contribution in [0.5, 0.6) is 0 Å². The van der Waals surface area contributed by atoms with Gasteiger partial charge in [-0.05, 0) is 54.8 Å². The van der Waals surface area contributed by atoms with Gasteiger partial charge >= 0.3 is 0 Å². The molecular formula is C20H19N3O2. The van der Waals surface area contributed by atoms with Gasteiger partial charge in [0.15, 0.2) is 0 Å². The van der Waals surface area contributed by atoms with Crippen LogP contribution in [0.4, 0.5) is 5.69 Å². The molecule has 0 aliphatic rings. The summed E-state index contributed by atoms with van der Waals surface area (Å²) in [4.78, 5) is 23.9. The van der Waals surface area contributed by atoms with Crippen LogP contribution in [0.2, 0.25) is 0 Å². The number of amides is 2. The van der Waals surface area contributed by atoms with Gasteiger partial charge in [-0.3, -0.25) is 9.59 Å². The van der Waals surface area contributed by atoms with Gasteiger partial charge in [0.05, 0.1) is 0 Å². The average Bonchev–Trinajstić information content (AvgIpc) is 2.63. The first kappa shape index (κ1) is 18.0. The largest absolute Gasteiger partial charge is 0.355 e. The summed E-state index contributed by atoms with van der Waals surface area (Å²) in [6.45, 7) is 3.87. The maximum absolute atomic E-state index is 12.4. The Kier molecular flexibility index (Phi) is 5.70. The highest BCUT2D eigenvalue weighted by Crippen LogP contribution is 2.19. The molecule has 2 N–H and O–H groups in total. The van der Waals surface area contributed by atoms with E-state index in [-0.39, 0.29) is 11.5 Å². The van der Waals surface area contributed by atoms with Gasteiger partial charge in [0.25, 0.3) is 11.8 Å². The van der Waals surface area contributed by atoms with Crippen molar-refractivity contribution in [2.75, 3.05) is 12.4 Å². The molecule has 2 amide bonds. The smallest absolute Gasteiger partial charge is 0.266 e. The third-order valence-electron chi connectivity index (χ3n) is 3.93. The van der Waals surface area contributed by atoms with Crippen molar-refractivity contribution in [3.8, 4) is 6.07 Å². The van der Waals surface area contributed by atoms with Gasteiger partial charge in [-0.1, -0.05) is 24.3 Å². The number of benzene rings is 2. The Balaban J connectivity index is 2.22. The van der Waals surface area contributed by atoms with Crippen molar-refractivity contribution in [2.24, 2.45) is 0 Å². The van der Waals surface area contributed by atoms with Crippen LogP contribution < -0.4 is 10.6 Å². The monoisotopic (exact) mass is 333 g/mol. The first-order valence-corrected chi connectivity index (χ1v) is 7.77. The van der Waals surface area contributed by atoms with Crippen LogP contribution in [0.15, 0.2) is 48.0 Å². The molecule has 126 valence electrons. The van der Waals surface area contributed by atoms with E-state index >= 15 is 0 Å². The number of anilines is 1. The summed E-state index contributed by atoms with van der Waals surface area (Å²) < 4.78 is 0. The number of nitrogens with one attached hydrogen (secondary N) is 2. The molecule has 0 aliphatic heterocycles. The lowest BCUT2D eigenvalue weighted by Gasteiger charge is -2.09. The molecular weight excluding hydrogens is 314 g/mol. The maximum Gasteiger partial charge on any atom is 0.266 e. The van der Waals surface area contributed by atoms with E-state index in [2.05, 4.69) is 10.6 Å². The van der Waals surface area contributed by atoms with Crippen LogP contribution in [0.25, 0.3) is 6.08 Å². The lowest BCUT2D eigenvalue weighted by molar-refractivity contribution is -0.112. The molecule has 0 aliphatic carbocycles. The van der Waals surface area contributed by atoms with E-state index in [1.807, 2.05) is 32.0 Å². The lowest BCUT2D eigenvalue weighted by atomic mass is 10.1. The van der Waals surface area contributed by atoms with Crippen LogP contribution in [0.3, 0.4) is 0 Å². The zero-order valence-electron chi connectivity index (χ0n) is 14.4. The fourth-order valence-corrected chi connectivity index (χ4v) is 2.27. The molecule has 5 heteroatoms. The van der Waals surface area contributed by atoms with Gasteiger partial charge in [-0.25, -0.2) is 0 Å². The molecule has 0 saturated carbocycles. The quantitative estimate of drug-likeness (QED) is 0.666. The summed E-state index contributed by atoms with van der Waals surface area (Å²) in [7, 11) is 1.56. The summed E-state index contributed by atoms with van der Waals surface area (Å²) in [6.07, 6.45) is 1.49. The number of rotatable bonds is 4. The van der Waals surface area contributed by atoms with E-state index in [0.717, 1.165) is 11.1 Å². The Morgan fingerprint density at radius 2 is 1.76 bits per heavy atom.